The van der Waals surface area contributed by atoms with E-state index in [4.69, 9.17) is 18.5 Å². The summed E-state index contributed by atoms with van der Waals surface area (Å²) in [7, 11) is -5.15. The van der Waals surface area contributed by atoms with E-state index in [0.717, 1.165) is 19.3 Å². The number of phosphoric ester groups is 1. The van der Waals surface area contributed by atoms with Crippen molar-refractivity contribution in [1.29, 1.82) is 0 Å². The highest BCUT2D eigenvalue weighted by atomic mass is 31.2. The monoisotopic (exact) mass is 796 g/mol. The van der Waals surface area contributed by atoms with Crippen LogP contribution in [0.3, 0.4) is 0 Å². The van der Waals surface area contributed by atoms with E-state index in [-0.39, 0.29) is 12.8 Å². The topological polar surface area (TPSA) is 210 Å². The molecule has 1 aliphatic carbocycles. The Bertz CT molecular complexity index is 1290. The third kappa shape index (κ3) is 24.3. The van der Waals surface area contributed by atoms with E-state index in [0.29, 0.717) is 19.3 Å². The summed E-state index contributed by atoms with van der Waals surface area (Å²) in [4.78, 5) is 35.4. The third-order valence-corrected chi connectivity index (χ3v) is 9.35. The van der Waals surface area contributed by atoms with Crippen LogP contribution in [0.4, 0.5) is 0 Å². The molecule has 7 unspecified atom stereocenters. The molecule has 1 rings (SSSR count). The van der Waals surface area contributed by atoms with Gasteiger partial charge < -0.3 is 39.9 Å². The van der Waals surface area contributed by atoms with Crippen molar-refractivity contribution < 1.29 is 63.1 Å². The van der Waals surface area contributed by atoms with Crippen molar-refractivity contribution in [3.63, 3.8) is 0 Å². The van der Waals surface area contributed by atoms with Gasteiger partial charge in [0, 0.05) is 12.8 Å². The van der Waals surface area contributed by atoms with Crippen LogP contribution in [0, 0.1) is 0 Å². The van der Waals surface area contributed by atoms with Crippen LogP contribution in [0.25, 0.3) is 0 Å². The van der Waals surface area contributed by atoms with Crippen LogP contribution in [0.15, 0.2) is 85.1 Å². The molecule has 6 N–H and O–H groups in total. The Balaban J connectivity index is 2.65. The molecule has 13 nitrogen and oxygen atoms in total. The average molecular weight is 797 g/mol. The van der Waals surface area contributed by atoms with E-state index in [1.165, 1.54) is 38.5 Å². The van der Waals surface area contributed by atoms with E-state index in [9.17, 15) is 44.6 Å². The summed E-state index contributed by atoms with van der Waals surface area (Å²) in [6.45, 7) is 2.98. The number of rotatable bonds is 29. The average Bonchev–Trinajstić information content (AvgIpc) is 3.16. The lowest BCUT2D eigenvalue weighted by molar-refractivity contribution is -0.220. The van der Waals surface area contributed by atoms with E-state index in [2.05, 4.69) is 32.1 Å². The Labute approximate surface area is 327 Å². The molecular formula is C41H65O13P. The van der Waals surface area contributed by atoms with Crippen molar-refractivity contribution in [2.45, 2.75) is 146 Å². The molecule has 0 spiro atoms. The van der Waals surface area contributed by atoms with Crippen LogP contribution in [-0.4, -0.2) is 98.3 Å². The van der Waals surface area contributed by atoms with Crippen molar-refractivity contribution in [3.8, 4) is 0 Å². The van der Waals surface area contributed by atoms with Gasteiger partial charge in [-0.25, -0.2) is 4.57 Å². The van der Waals surface area contributed by atoms with E-state index < -0.39 is 75.7 Å². The molecule has 14 heteroatoms. The molecule has 1 aliphatic rings. The molecule has 312 valence electrons. The lowest BCUT2D eigenvalue weighted by Gasteiger charge is -2.41. The number of unbranched alkanes of at least 4 members (excludes halogenated alkanes) is 7. The number of hydrogen-bond acceptors (Lipinski definition) is 12. The van der Waals surface area contributed by atoms with Crippen LogP contribution >= 0.6 is 7.82 Å². The van der Waals surface area contributed by atoms with Gasteiger partial charge in [-0.1, -0.05) is 131 Å². The summed E-state index contributed by atoms with van der Waals surface area (Å²) in [5, 5.41) is 49.9. The number of carbonyl (C=O) groups is 2. The zero-order valence-electron chi connectivity index (χ0n) is 32.4. The van der Waals surface area contributed by atoms with Crippen LogP contribution < -0.4 is 0 Å². The van der Waals surface area contributed by atoms with Crippen LogP contribution in [-0.2, 0) is 32.7 Å². The maximum atomic E-state index is 12.7. The first-order chi connectivity index (χ1) is 26.4. The van der Waals surface area contributed by atoms with Crippen molar-refractivity contribution >= 4 is 19.8 Å². The minimum Gasteiger partial charge on any atom is -0.462 e. The Hall–Kier alpha value is -2.97. The number of aliphatic hydroxyl groups excluding tert-OH is 5. The number of aliphatic hydroxyl groups is 5. The first kappa shape index (κ1) is 50.0. The number of hydrogen-bond donors (Lipinski definition) is 6. The second-order valence-electron chi connectivity index (χ2n) is 13.2. The molecule has 0 saturated heterocycles. The second kappa shape index (κ2) is 31.2. The van der Waals surface area contributed by atoms with Gasteiger partial charge in [0.15, 0.2) is 6.10 Å². The summed E-state index contributed by atoms with van der Waals surface area (Å²) < 4.78 is 33.2. The number of phosphoric acid groups is 1. The maximum Gasteiger partial charge on any atom is 0.472 e. The lowest BCUT2D eigenvalue weighted by Crippen LogP contribution is -2.64. The first-order valence-electron chi connectivity index (χ1n) is 19.5. The van der Waals surface area contributed by atoms with Gasteiger partial charge in [-0.15, -0.1) is 0 Å². The molecule has 0 heterocycles. The van der Waals surface area contributed by atoms with E-state index >= 15 is 0 Å². The highest BCUT2D eigenvalue weighted by Crippen LogP contribution is 2.47. The zero-order valence-corrected chi connectivity index (χ0v) is 33.3. The minimum absolute atomic E-state index is 0.0154. The fourth-order valence-corrected chi connectivity index (χ4v) is 6.16. The summed E-state index contributed by atoms with van der Waals surface area (Å²) in [6.07, 6.45) is 25.5. The number of ether oxygens (including phenoxy) is 2. The van der Waals surface area contributed by atoms with E-state index in [1.807, 2.05) is 66.8 Å². The Morgan fingerprint density at radius 2 is 1.15 bits per heavy atom. The normalized spacial score (nSPS) is 24.0. The third-order valence-electron chi connectivity index (χ3n) is 8.36. The van der Waals surface area contributed by atoms with Crippen LogP contribution in [0.1, 0.15) is 104 Å². The van der Waals surface area contributed by atoms with Gasteiger partial charge >= 0.3 is 19.8 Å². The summed E-state index contributed by atoms with van der Waals surface area (Å²) >= 11 is 0. The molecule has 0 aromatic heterocycles. The van der Waals surface area contributed by atoms with Crippen molar-refractivity contribution in [1.82, 2.24) is 0 Å². The SMILES string of the molecule is CC/C=C/C=C/C=C/C=C/C=C/CCCC(=O)OC(COC(=O)CC/C=C/C/C=C/CCCCCCCC)COP(=O)(O)OC1C(O)C(O)C(O)[C@@H](O)C1O. The quantitative estimate of drug-likeness (QED) is 0.0165. The highest BCUT2D eigenvalue weighted by molar-refractivity contribution is 7.47. The van der Waals surface area contributed by atoms with Gasteiger partial charge in [-0.2, -0.15) is 0 Å². The molecule has 55 heavy (non-hydrogen) atoms. The van der Waals surface area contributed by atoms with Crippen molar-refractivity contribution in [2.24, 2.45) is 0 Å². The predicted molar refractivity (Wildman–Crippen MR) is 211 cm³/mol. The lowest BCUT2D eigenvalue weighted by atomic mass is 9.85. The number of allylic oxidation sites excluding steroid dienone is 14. The minimum atomic E-state index is -5.15. The molecule has 0 radical (unpaired) electrons. The molecule has 0 amide bonds. The second-order valence-corrected chi connectivity index (χ2v) is 14.6. The van der Waals surface area contributed by atoms with E-state index in [1.54, 1.807) is 0 Å². The predicted octanol–water partition coefficient (Wildman–Crippen LogP) is 6.16. The van der Waals surface area contributed by atoms with Gasteiger partial charge in [0.25, 0.3) is 0 Å². The maximum absolute atomic E-state index is 12.7. The Morgan fingerprint density at radius 1 is 0.600 bits per heavy atom. The molecule has 1 fully saturated rings. The fraction of sp³-hybridized carbons (Fsp3) is 0.610. The van der Waals surface area contributed by atoms with Gasteiger partial charge in [-0.05, 0) is 44.9 Å². The van der Waals surface area contributed by atoms with Gasteiger partial charge in [0.05, 0.1) is 6.61 Å². The van der Waals surface area contributed by atoms with Crippen LogP contribution in [0.5, 0.6) is 0 Å². The largest absolute Gasteiger partial charge is 0.472 e. The molecule has 0 aromatic rings. The highest BCUT2D eigenvalue weighted by Gasteiger charge is 2.51. The van der Waals surface area contributed by atoms with Crippen LogP contribution in [0.2, 0.25) is 0 Å². The summed E-state index contributed by atoms with van der Waals surface area (Å²) in [6, 6.07) is 0. The molecule has 0 bridgehead atoms. The Kier molecular flexibility index (Phi) is 28.4. The molecule has 1 saturated carbocycles. The van der Waals surface area contributed by atoms with Gasteiger partial charge in [0.2, 0.25) is 0 Å². The zero-order chi connectivity index (χ0) is 40.7. The summed E-state index contributed by atoms with van der Waals surface area (Å²) in [5.41, 5.74) is 0. The molecular weight excluding hydrogens is 731 g/mol. The van der Waals surface area contributed by atoms with Crippen molar-refractivity contribution in [2.75, 3.05) is 13.2 Å². The first-order valence-corrected chi connectivity index (χ1v) is 21.0. The summed E-state index contributed by atoms with van der Waals surface area (Å²) in [5.74, 6) is -1.28. The molecule has 0 aromatic carbocycles. The molecule has 8 atom stereocenters. The number of esters is 2. The van der Waals surface area contributed by atoms with Gasteiger partial charge in [-0.3, -0.25) is 18.6 Å². The van der Waals surface area contributed by atoms with Gasteiger partial charge in [0.1, 0.15) is 43.2 Å². The fourth-order valence-electron chi connectivity index (χ4n) is 5.19. The van der Waals surface area contributed by atoms with Crippen molar-refractivity contribution in [3.05, 3.63) is 85.1 Å². The molecule has 0 aliphatic heterocycles. The smallest absolute Gasteiger partial charge is 0.462 e. The standard InChI is InChI=1S/C41H65O13P/c1-3-5-7-9-11-13-15-17-19-21-23-25-27-29-34(42)51-31-33(32-52-55(49,50)54-41-39(47)37(45)36(44)38(46)40(41)48)53-35(43)30-28-26-24-22-20-18-16-14-12-10-8-6-4-2/h6,8,10,12,14,16-20,22-25,33,36-41,44-48H,3-5,7,9,11,13,15,21,26-32H2,1-2H3,(H,49,50)/b8-6+,12-10+,16-14+,19-17+,20-18+,24-22+,25-23+/t33?,36?,37-,38?,39?,40?,41?/m1/s1. The number of carbonyl (C=O) groups excluding carboxylic acids is 2. The Morgan fingerprint density at radius 3 is 1.78 bits per heavy atom.